The minimum atomic E-state index is 0.780. The van der Waals surface area contributed by atoms with Gasteiger partial charge in [0.25, 0.3) is 0 Å². The van der Waals surface area contributed by atoms with Crippen LogP contribution in [0.3, 0.4) is 0 Å². The highest BCUT2D eigenvalue weighted by Crippen LogP contribution is 2.52. The minimum Gasteiger partial charge on any atom is -0.316 e. The van der Waals surface area contributed by atoms with E-state index in [4.69, 9.17) is 0 Å². The molecule has 3 rings (SSSR count). The van der Waals surface area contributed by atoms with Crippen molar-refractivity contribution in [3.05, 3.63) is 0 Å². The molecule has 13 heavy (non-hydrogen) atoms. The molecule has 1 spiro atoms. The Kier molecular flexibility index (Phi) is 1.88. The van der Waals surface area contributed by atoms with Crippen LogP contribution in [0.25, 0.3) is 0 Å². The summed E-state index contributed by atoms with van der Waals surface area (Å²) < 4.78 is 0. The first-order valence-electron chi connectivity index (χ1n) is 5.82. The summed E-state index contributed by atoms with van der Waals surface area (Å²) in [6, 6.07) is 0.843. The van der Waals surface area contributed by atoms with Crippen LogP contribution >= 0.6 is 0 Å². The first-order chi connectivity index (χ1) is 6.38. The molecule has 3 aliphatic rings. The summed E-state index contributed by atoms with van der Waals surface area (Å²) in [5, 5.41) is 7.26. The molecular weight excluding hydrogens is 160 g/mol. The molecule has 2 atom stereocenters. The Morgan fingerprint density at radius 2 is 2.15 bits per heavy atom. The minimum absolute atomic E-state index is 0.780. The molecule has 3 fully saturated rings. The van der Waals surface area contributed by atoms with Crippen molar-refractivity contribution in [2.45, 2.75) is 38.1 Å². The van der Waals surface area contributed by atoms with Gasteiger partial charge in [-0.2, -0.15) is 0 Å². The second-order valence-electron chi connectivity index (χ2n) is 5.30. The van der Waals surface area contributed by atoms with Crippen LogP contribution in [0.1, 0.15) is 32.1 Å². The lowest BCUT2D eigenvalue weighted by atomic mass is 9.88. The summed E-state index contributed by atoms with van der Waals surface area (Å²) in [6.45, 7) is 3.82. The van der Waals surface area contributed by atoms with Crippen molar-refractivity contribution in [3.8, 4) is 0 Å². The molecule has 1 aliphatic carbocycles. The van der Waals surface area contributed by atoms with Crippen LogP contribution in [0.15, 0.2) is 0 Å². The molecule has 2 heteroatoms. The standard InChI is InChI=1S/C11H20N2/c1-2-9(7-12-5-1)10-6-11(3-4-11)8-13-10/h9-10,12-13H,1-8H2. The van der Waals surface area contributed by atoms with Crippen LogP contribution in [0, 0.1) is 11.3 Å². The third-order valence-corrected chi connectivity index (χ3v) is 4.25. The van der Waals surface area contributed by atoms with E-state index >= 15 is 0 Å². The number of piperidine rings is 1. The SMILES string of the molecule is C1CNCC(C2CC3(CC3)CN2)C1. The average molecular weight is 180 g/mol. The maximum absolute atomic E-state index is 3.74. The molecule has 0 aromatic carbocycles. The van der Waals surface area contributed by atoms with E-state index in [1.807, 2.05) is 0 Å². The maximum atomic E-state index is 3.74. The van der Waals surface area contributed by atoms with Gasteiger partial charge in [-0.25, -0.2) is 0 Å². The Hall–Kier alpha value is -0.0800. The zero-order valence-electron chi connectivity index (χ0n) is 8.31. The van der Waals surface area contributed by atoms with Crippen LogP contribution < -0.4 is 10.6 Å². The third kappa shape index (κ3) is 1.50. The predicted molar refractivity (Wildman–Crippen MR) is 53.7 cm³/mol. The van der Waals surface area contributed by atoms with Crippen LogP contribution in [0.4, 0.5) is 0 Å². The molecule has 2 unspecified atom stereocenters. The fourth-order valence-electron chi connectivity index (χ4n) is 3.07. The van der Waals surface area contributed by atoms with E-state index in [-0.39, 0.29) is 0 Å². The molecule has 0 aromatic rings. The summed E-state index contributed by atoms with van der Waals surface area (Å²) in [4.78, 5) is 0. The third-order valence-electron chi connectivity index (χ3n) is 4.25. The topological polar surface area (TPSA) is 24.1 Å². The van der Waals surface area contributed by atoms with Gasteiger partial charge >= 0.3 is 0 Å². The van der Waals surface area contributed by atoms with Crippen molar-refractivity contribution in [2.24, 2.45) is 11.3 Å². The fourth-order valence-corrected chi connectivity index (χ4v) is 3.07. The van der Waals surface area contributed by atoms with Gasteiger partial charge in [-0.3, -0.25) is 0 Å². The molecular formula is C11H20N2. The van der Waals surface area contributed by atoms with Crippen molar-refractivity contribution in [1.82, 2.24) is 10.6 Å². The van der Waals surface area contributed by atoms with Gasteiger partial charge in [-0.05, 0) is 56.5 Å². The number of nitrogens with one attached hydrogen (secondary N) is 2. The van der Waals surface area contributed by atoms with Crippen LogP contribution in [0.5, 0.6) is 0 Å². The summed E-state index contributed by atoms with van der Waals surface area (Å²) in [6.07, 6.45) is 7.29. The first-order valence-corrected chi connectivity index (χ1v) is 5.82. The average Bonchev–Trinajstić information content (AvgIpc) is 2.78. The van der Waals surface area contributed by atoms with E-state index in [1.54, 1.807) is 0 Å². The van der Waals surface area contributed by atoms with Gasteiger partial charge in [0, 0.05) is 12.6 Å². The van der Waals surface area contributed by atoms with Gasteiger partial charge in [-0.1, -0.05) is 0 Å². The van der Waals surface area contributed by atoms with Gasteiger partial charge in [0.15, 0.2) is 0 Å². The van der Waals surface area contributed by atoms with Crippen molar-refractivity contribution in [2.75, 3.05) is 19.6 Å². The zero-order valence-corrected chi connectivity index (χ0v) is 8.31. The lowest BCUT2D eigenvalue weighted by molar-refractivity contribution is 0.299. The van der Waals surface area contributed by atoms with Crippen molar-refractivity contribution < 1.29 is 0 Å². The molecule has 2 aliphatic heterocycles. The summed E-state index contributed by atoms with van der Waals surface area (Å²) in [7, 11) is 0. The number of hydrogen-bond donors (Lipinski definition) is 2. The molecule has 0 radical (unpaired) electrons. The quantitative estimate of drug-likeness (QED) is 0.632. The van der Waals surface area contributed by atoms with Crippen molar-refractivity contribution >= 4 is 0 Å². The second kappa shape index (κ2) is 2.96. The molecule has 0 aromatic heterocycles. The predicted octanol–water partition coefficient (Wildman–Crippen LogP) is 1.13. The first kappa shape index (κ1) is 8.25. The fraction of sp³-hybridized carbons (Fsp3) is 1.00. The van der Waals surface area contributed by atoms with Gasteiger partial charge in [0.2, 0.25) is 0 Å². The lowest BCUT2D eigenvalue weighted by Crippen LogP contribution is -2.40. The monoisotopic (exact) mass is 180 g/mol. The van der Waals surface area contributed by atoms with E-state index < -0.39 is 0 Å². The second-order valence-corrected chi connectivity index (χ2v) is 5.30. The Balaban J connectivity index is 1.59. The Labute approximate surface area is 80.5 Å². The largest absolute Gasteiger partial charge is 0.316 e. The van der Waals surface area contributed by atoms with Gasteiger partial charge in [0.05, 0.1) is 0 Å². The van der Waals surface area contributed by atoms with Gasteiger partial charge < -0.3 is 10.6 Å². The Morgan fingerprint density at radius 3 is 2.77 bits per heavy atom. The smallest absolute Gasteiger partial charge is 0.0113 e. The summed E-state index contributed by atoms with van der Waals surface area (Å²) in [5.74, 6) is 0.925. The van der Waals surface area contributed by atoms with Crippen LogP contribution in [-0.4, -0.2) is 25.7 Å². The molecule has 0 amide bonds. The van der Waals surface area contributed by atoms with Crippen molar-refractivity contribution in [3.63, 3.8) is 0 Å². The summed E-state index contributed by atoms with van der Waals surface area (Å²) in [5.41, 5.74) is 0.780. The summed E-state index contributed by atoms with van der Waals surface area (Å²) >= 11 is 0. The highest BCUT2D eigenvalue weighted by molar-refractivity contribution is 5.04. The Bertz CT molecular complexity index is 192. The normalized spacial score (nSPS) is 42.5. The maximum Gasteiger partial charge on any atom is 0.0113 e. The van der Waals surface area contributed by atoms with Crippen LogP contribution in [-0.2, 0) is 0 Å². The molecule has 1 saturated carbocycles. The molecule has 2 heterocycles. The van der Waals surface area contributed by atoms with Crippen molar-refractivity contribution in [1.29, 1.82) is 0 Å². The highest BCUT2D eigenvalue weighted by atomic mass is 15.0. The van der Waals surface area contributed by atoms with Gasteiger partial charge in [0.1, 0.15) is 0 Å². The number of rotatable bonds is 1. The zero-order chi connectivity index (χ0) is 8.73. The Morgan fingerprint density at radius 1 is 1.23 bits per heavy atom. The highest BCUT2D eigenvalue weighted by Gasteiger charge is 2.49. The van der Waals surface area contributed by atoms with Crippen LogP contribution in [0.2, 0.25) is 0 Å². The van der Waals surface area contributed by atoms with E-state index in [9.17, 15) is 0 Å². The van der Waals surface area contributed by atoms with E-state index in [0.29, 0.717) is 0 Å². The molecule has 0 bridgehead atoms. The van der Waals surface area contributed by atoms with Gasteiger partial charge in [-0.15, -0.1) is 0 Å². The lowest BCUT2D eigenvalue weighted by Gasteiger charge is -2.28. The molecule has 74 valence electrons. The molecule has 2 nitrogen and oxygen atoms in total. The van der Waals surface area contributed by atoms with E-state index in [2.05, 4.69) is 10.6 Å². The molecule has 2 saturated heterocycles. The molecule has 2 N–H and O–H groups in total. The van der Waals surface area contributed by atoms with E-state index in [0.717, 1.165) is 17.4 Å². The van der Waals surface area contributed by atoms with E-state index in [1.165, 1.54) is 51.7 Å². The number of hydrogen-bond acceptors (Lipinski definition) is 2.